The van der Waals surface area contributed by atoms with E-state index in [1.807, 2.05) is 0 Å². The van der Waals surface area contributed by atoms with E-state index in [1.54, 1.807) is 0 Å². The van der Waals surface area contributed by atoms with Crippen LogP contribution in [0.15, 0.2) is 54.6 Å². The minimum Gasteiger partial charge on any atom is -0.494 e. The van der Waals surface area contributed by atoms with Crippen molar-refractivity contribution in [2.75, 3.05) is 26.4 Å². The summed E-state index contributed by atoms with van der Waals surface area (Å²) in [6, 6.07) is 17.4. The maximum absolute atomic E-state index is 8.83. The zero-order valence-electron chi connectivity index (χ0n) is 23.4. The van der Waals surface area contributed by atoms with Crippen molar-refractivity contribution in [1.29, 1.82) is 0 Å². The van der Waals surface area contributed by atoms with Gasteiger partial charge >= 0.3 is 0 Å². The fraction of sp³-hybridized carbons (Fsp3) is 0.588. The van der Waals surface area contributed by atoms with E-state index < -0.39 is 0 Å². The maximum Gasteiger partial charge on any atom is 0.119 e. The van der Waals surface area contributed by atoms with Gasteiger partial charge < -0.3 is 19.7 Å². The van der Waals surface area contributed by atoms with Crippen LogP contribution >= 0.6 is 0 Å². The number of aliphatic hydroxyl groups excluding tert-OH is 2. The average Bonchev–Trinajstić information content (AvgIpc) is 2.97. The van der Waals surface area contributed by atoms with E-state index in [9.17, 15) is 0 Å². The van der Waals surface area contributed by atoms with E-state index in [1.165, 1.54) is 61.6 Å². The molecule has 1 aliphatic rings. The van der Waals surface area contributed by atoms with Gasteiger partial charge in [-0.25, -0.2) is 0 Å². The summed E-state index contributed by atoms with van der Waals surface area (Å²) < 4.78 is 11.9. The predicted molar refractivity (Wildman–Crippen MR) is 158 cm³/mol. The van der Waals surface area contributed by atoms with Crippen molar-refractivity contribution >= 4 is 5.57 Å². The summed E-state index contributed by atoms with van der Waals surface area (Å²) in [5, 5.41) is 17.7. The molecule has 2 N–H and O–H groups in total. The van der Waals surface area contributed by atoms with Crippen LogP contribution in [0.3, 0.4) is 0 Å². The lowest BCUT2D eigenvalue weighted by atomic mass is 9.83. The van der Waals surface area contributed by atoms with E-state index in [2.05, 4.69) is 54.6 Å². The zero-order chi connectivity index (χ0) is 26.7. The number of rotatable bonds is 20. The molecule has 0 aliphatic heterocycles. The number of aliphatic hydroxyl groups is 2. The number of hydrogen-bond acceptors (Lipinski definition) is 4. The first-order valence-corrected chi connectivity index (χ1v) is 15.2. The quantitative estimate of drug-likeness (QED) is 0.171. The Morgan fingerprint density at radius 1 is 0.579 bits per heavy atom. The van der Waals surface area contributed by atoms with Crippen LogP contribution in [-0.4, -0.2) is 36.6 Å². The van der Waals surface area contributed by atoms with E-state index in [4.69, 9.17) is 19.7 Å². The highest BCUT2D eigenvalue weighted by Gasteiger charge is 2.17. The van der Waals surface area contributed by atoms with Crippen LogP contribution in [0.1, 0.15) is 113 Å². The van der Waals surface area contributed by atoms with Crippen molar-refractivity contribution in [2.45, 2.75) is 102 Å². The lowest BCUT2D eigenvalue weighted by Gasteiger charge is -2.23. The SMILES string of the molecule is OCCCCCCCCOc1ccc(C2=CCC(c3ccc(OCCCCCCCCO)cc3)CC2)cc1. The molecular weight excluding hydrogens is 472 g/mol. The van der Waals surface area contributed by atoms with Gasteiger partial charge in [-0.2, -0.15) is 0 Å². The first-order valence-electron chi connectivity index (χ1n) is 15.2. The number of ether oxygens (including phenoxy) is 2. The molecule has 4 nitrogen and oxygen atoms in total. The summed E-state index contributed by atoms with van der Waals surface area (Å²) in [5.74, 6) is 2.52. The Morgan fingerprint density at radius 3 is 1.53 bits per heavy atom. The molecule has 0 saturated carbocycles. The van der Waals surface area contributed by atoms with Crippen LogP contribution < -0.4 is 9.47 Å². The average molecular weight is 523 g/mol. The molecule has 210 valence electrons. The second-order valence-corrected chi connectivity index (χ2v) is 10.7. The predicted octanol–water partition coefficient (Wildman–Crippen LogP) is 8.46. The lowest BCUT2D eigenvalue weighted by Crippen LogP contribution is -2.04. The van der Waals surface area contributed by atoms with Crippen LogP contribution in [0.25, 0.3) is 5.57 Å². The monoisotopic (exact) mass is 522 g/mol. The molecule has 38 heavy (non-hydrogen) atoms. The van der Waals surface area contributed by atoms with E-state index in [0.29, 0.717) is 19.1 Å². The highest BCUT2D eigenvalue weighted by molar-refractivity contribution is 5.67. The van der Waals surface area contributed by atoms with Crippen LogP contribution in [0.4, 0.5) is 0 Å². The molecule has 0 aromatic heterocycles. The summed E-state index contributed by atoms with van der Waals surface area (Å²) >= 11 is 0. The van der Waals surface area contributed by atoms with Crippen molar-refractivity contribution in [3.63, 3.8) is 0 Å². The molecular formula is C34H50O4. The van der Waals surface area contributed by atoms with Gasteiger partial charge in [-0.05, 0) is 91.8 Å². The molecule has 0 radical (unpaired) electrons. The standard InChI is InChI=1S/C34H50O4/c35-25-9-5-1-3-7-11-27-37-33-21-17-31(18-22-33)29-13-15-30(16-14-29)32-19-23-34(24-20-32)38-28-12-8-4-2-6-10-26-36/h13,17-24,30,35-36H,1-12,14-16,25-28H2. The fourth-order valence-electron chi connectivity index (χ4n) is 5.22. The largest absolute Gasteiger partial charge is 0.494 e. The second-order valence-electron chi connectivity index (χ2n) is 10.7. The zero-order valence-corrected chi connectivity index (χ0v) is 23.4. The molecule has 1 aliphatic carbocycles. The Bertz CT molecular complexity index is 888. The second kappa shape index (κ2) is 18.9. The molecule has 1 unspecified atom stereocenters. The summed E-state index contributed by atoms with van der Waals surface area (Å²) in [6.07, 6.45) is 19.4. The normalized spacial score (nSPS) is 15.3. The molecule has 4 heteroatoms. The molecule has 2 aromatic carbocycles. The highest BCUT2D eigenvalue weighted by Crippen LogP contribution is 2.36. The Kier molecular flexibility index (Phi) is 15.0. The van der Waals surface area contributed by atoms with E-state index >= 15 is 0 Å². The van der Waals surface area contributed by atoms with Gasteiger partial charge in [0.05, 0.1) is 13.2 Å². The Hall–Kier alpha value is -2.30. The molecule has 0 fully saturated rings. The summed E-state index contributed by atoms with van der Waals surface area (Å²) in [4.78, 5) is 0. The summed E-state index contributed by atoms with van der Waals surface area (Å²) in [6.45, 7) is 2.19. The molecule has 0 bridgehead atoms. The molecule has 0 amide bonds. The minimum absolute atomic E-state index is 0.315. The number of allylic oxidation sites excluding steroid dienone is 2. The van der Waals surface area contributed by atoms with Gasteiger partial charge in [0.25, 0.3) is 0 Å². The summed E-state index contributed by atoms with van der Waals surface area (Å²) in [5.41, 5.74) is 4.18. The van der Waals surface area contributed by atoms with Gasteiger partial charge in [0.2, 0.25) is 0 Å². The molecule has 0 heterocycles. The lowest BCUT2D eigenvalue weighted by molar-refractivity contribution is 0.280. The topological polar surface area (TPSA) is 58.9 Å². The Morgan fingerprint density at radius 2 is 1.05 bits per heavy atom. The third kappa shape index (κ3) is 11.6. The van der Waals surface area contributed by atoms with Crippen molar-refractivity contribution in [3.8, 4) is 11.5 Å². The van der Waals surface area contributed by atoms with Gasteiger partial charge in [0.1, 0.15) is 11.5 Å². The van der Waals surface area contributed by atoms with Crippen molar-refractivity contribution in [1.82, 2.24) is 0 Å². The van der Waals surface area contributed by atoms with Crippen LogP contribution in [0.5, 0.6) is 11.5 Å². The molecule has 0 saturated heterocycles. The number of hydrogen-bond donors (Lipinski definition) is 2. The first kappa shape index (κ1) is 30.2. The maximum atomic E-state index is 8.83. The number of unbranched alkanes of at least 4 members (excludes halogenated alkanes) is 10. The van der Waals surface area contributed by atoms with Gasteiger partial charge in [-0.15, -0.1) is 0 Å². The van der Waals surface area contributed by atoms with Gasteiger partial charge in [-0.3, -0.25) is 0 Å². The molecule has 0 spiro atoms. The smallest absolute Gasteiger partial charge is 0.119 e. The van der Waals surface area contributed by atoms with E-state index in [0.717, 1.165) is 76.1 Å². The van der Waals surface area contributed by atoms with Gasteiger partial charge in [0, 0.05) is 13.2 Å². The third-order valence-electron chi connectivity index (χ3n) is 7.63. The number of benzene rings is 2. The van der Waals surface area contributed by atoms with Gasteiger partial charge in [0.15, 0.2) is 0 Å². The third-order valence-corrected chi connectivity index (χ3v) is 7.63. The van der Waals surface area contributed by atoms with Crippen molar-refractivity contribution in [3.05, 3.63) is 65.7 Å². The van der Waals surface area contributed by atoms with Crippen LogP contribution in [0.2, 0.25) is 0 Å². The molecule has 1 atom stereocenters. The summed E-state index contributed by atoms with van der Waals surface area (Å²) in [7, 11) is 0. The van der Waals surface area contributed by atoms with Gasteiger partial charge in [-0.1, -0.05) is 81.7 Å². The fourth-order valence-corrected chi connectivity index (χ4v) is 5.22. The van der Waals surface area contributed by atoms with E-state index in [-0.39, 0.29) is 0 Å². The minimum atomic E-state index is 0.315. The molecule has 2 aromatic rings. The Balaban J connectivity index is 1.32. The van der Waals surface area contributed by atoms with Crippen LogP contribution in [0, 0.1) is 0 Å². The van der Waals surface area contributed by atoms with Crippen molar-refractivity contribution in [2.24, 2.45) is 0 Å². The highest BCUT2D eigenvalue weighted by atomic mass is 16.5. The molecule has 3 rings (SSSR count). The Labute approximate surface area is 231 Å². The first-order chi connectivity index (χ1) is 18.8. The van der Waals surface area contributed by atoms with Crippen molar-refractivity contribution < 1.29 is 19.7 Å². The van der Waals surface area contributed by atoms with Crippen LogP contribution in [-0.2, 0) is 0 Å².